The van der Waals surface area contributed by atoms with Crippen LogP contribution >= 0.6 is 0 Å². The highest BCUT2D eigenvalue weighted by Crippen LogP contribution is 1.92. The van der Waals surface area contributed by atoms with Crippen LogP contribution in [0.3, 0.4) is 0 Å². The molecule has 0 fully saturated rings. The molecule has 0 bridgehead atoms. The molecule has 0 aliphatic heterocycles. The van der Waals surface area contributed by atoms with Crippen molar-refractivity contribution >= 4 is 70.0 Å². The third-order valence-electron chi connectivity index (χ3n) is 1.74. The van der Waals surface area contributed by atoms with Crippen LogP contribution in [-0.2, 0) is 4.79 Å². The van der Waals surface area contributed by atoms with Gasteiger partial charge in [0.25, 0.3) is 0 Å². The average Bonchev–Trinajstić information content (AvgIpc) is 1.85. The summed E-state index contributed by atoms with van der Waals surface area (Å²) in [6.07, 6.45) is -2.29. The topological polar surface area (TPSA) is 17.1 Å². The summed E-state index contributed by atoms with van der Waals surface area (Å²) >= 11 is 0. The van der Waals surface area contributed by atoms with E-state index >= 15 is 0 Å². The van der Waals surface area contributed by atoms with Crippen LogP contribution in [0.25, 0.3) is 0 Å². The van der Waals surface area contributed by atoms with Crippen LogP contribution in [0, 0.1) is 0 Å². The lowest BCUT2D eigenvalue weighted by molar-refractivity contribution is -0.110. The lowest BCUT2D eigenvalue weighted by atomic mass is 8.63. The van der Waals surface area contributed by atoms with Crippen molar-refractivity contribution < 1.29 is 4.79 Å². The van der Waals surface area contributed by atoms with Crippen LogP contribution < -0.4 is 0 Å². The predicted octanol–water partition coefficient (Wildman–Crippen LogP) is -3.34. The van der Waals surface area contributed by atoms with E-state index in [9.17, 15) is 4.79 Å². The van der Waals surface area contributed by atoms with Crippen molar-refractivity contribution in [3.05, 3.63) is 0 Å². The van der Waals surface area contributed by atoms with Gasteiger partial charge in [0.05, 0.1) is 12.2 Å². The van der Waals surface area contributed by atoms with E-state index in [2.05, 4.69) is 0 Å². The molecule has 0 N–H and O–H groups in total. The largest absolute Gasteiger partial charge is 0.686 e. The van der Waals surface area contributed by atoms with Gasteiger partial charge >= 0.3 is 0 Å². The SMILES string of the molecule is [B]B([B-])B(B([B])[B-]([B])[B])C(C)=O. The first kappa shape index (κ1) is 12.3. The van der Waals surface area contributed by atoms with Crippen molar-refractivity contribution in [2.75, 3.05) is 0 Å². The Labute approximate surface area is 82.2 Å². The fourth-order valence-corrected chi connectivity index (χ4v) is 1.04. The minimum atomic E-state index is -0.813. The monoisotopic (exact) mass is 142 g/mol. The normalized spacial score (nSPS) is 9.58. The van der Waals surface area contributed by atoms with Crippen LogP contribution in [-0.4, -0.2) is 70.0 Å². The molecule has 0 aliphatic carbocycles. The number of hydrogen-bond acceptors (Lipinski definition) is 1. The van der Waals surface area contributed by atoms with E-state index in [1.807, 2.05) is 0 Å². The molecule has 0 heterocycles. The summed E-state index contributed by atoms with van der Waals surface area (Å²) in [5.41, 5.74) is -0.196. The van der Waals surface area contributed by atoms with Crippen LogP contribution in [0.4, 0.5) is 0 Å². The number of rotatable bonds is 4. The zero-order chi connectivity index (χ0) is 9.89. The third-order valence-corrected chi connectivity index (χ3v) is 1.74. The van der Waals surface area contributed by atoms with Crippen molar-refractivity contribution in [1.82, 2.24) is 0 Å². The first-order chi connectivity index (χ1) is 5.37. The van der Waals surface area contributed by atoms with Crippen molar-refractivity contribution in [3.8, 4) is 0 Å². The van der Waals surface area contributed by atoms with Gasteiger partial charge in [-0.15, -0.1) is 0 Å². The Hall–Kier alpha value is 0.254. The smallest absolute Gasteiger partial charge is 0.0642 e. The maximum absolute atomic E-state index is 11.0. The van der Waals surface area contributed by atoms with Gasteiger partial charge in [-0.25, -0.2) is 21.9 Å². The Kier molecular flexibility index (Phi) is 5.19. The molecule has 10 heteroatoms. The van der Waals surface area contributed by atoms with Crippen LogP contribution in [0.5, 0.6) is 0 Å². The second kappa shape index (κ2) is 5.09. The molecule has 0 aromatic rings. The summed E-state index contributed by atoms with van der Waals surface area (Å²) in [5, 5.41) is 0. The molecule has 0 saturated carbocycles. The molecule has 1 nitrogen and oxygen atoms in total. The molecular weight excluding hydrogens is 137 g/mol. The molecule has 0 aromatic heterocycles. The zero-order valence-electron chi connectivity index (χ0n) is 7.10. The maximum Gasteiger partial charge on any atom is 0.0642 e. The lowest BCUT2D eigenvalue weighted by Gasteiger charge is -2.39. The first-order valence-electron chi connectivity index (χ1n) is 3.66. The van der Waals surface area contributed by atoms with Crippen molar-refractivity contribution in [2.24, 2.45) is 0 Å². The number of hydrogen-bond donors (Lipinski definition) is 0. The van der Waals surface area contributed by atoms with Gasteiger partial charge in [-0.1, -0.05) is 0 Å². The third kappa shape index (κ3) is 3.32. The van der Waals surface area contributed by atoms with Crippen LogP contribution in [0.15, 0.2) is 0 Å². The lowest BCUT2D eigenvalue weighted by Crippen LogP contribution is -2.62. The minimum Gasteiger partial charge on any atom is -0.686 e. The summed E-state index contributed by atoms with van der Waals surface area (Å²) in [6.45, 7) is 0.685. The van der Waals surface area contributed by atoms with E-state index in [1.165, 1.54) is 6.92 Å². The molecule has 0 aliphatic rings. The summed E-state index contributed by atoms with van der Waals surface area (Å²) in [7, 11) is 26.8. The van der Waals surface area contributed by atoms with E-state index < -0.39 is 25.6 Å². The Balaban J connectivity index is 4.40. The van der Waals surface area contributed by atoms with Gasteiger partial charge in [-0.2, -0.15) is 6.39 Å². The maximum atomic E-state index is 11.0. The van der Waals surface area contributed by atoms with E-state index in [0.717, 1.165) is 0 Å². The van der Waals surface area contributed by atoms with Crippen LogP contribution in [0.1, 0.15) is 6.92 Å². The average molecular weight is 140 g/mol. The second-order valence-corrected chi connectivity index (χ2v) is 2.87. The molecule has 0 unspecified atom stereocenters. The highest BCUT2D eigenvalue weighted by molar-refractivity contribution is 7.95. The fourth-order valence-electron chi connectivity index (χ4n) is 1.04. The Morgan fingerprint density at radius 1 is 1.42 bits per heavy atom. The van der Waals surface area contributed by atoms with Gasteiger partial charge in [0, 0.05) is 0 Å². The summed E-state index contributed by atoms with van der Waals surface area (Å²) < 4.78 is 0. The first-order valence-corrected chi connectivity index (χ1v) is 3.66. The fraction of sp³-hybridized carbons (Fsp3) is 0.500. The molecule has 0 saturated heterocycles. The molecule has 12 heavy (non-hydrogen) atoms. The van der Waals surface area contributed by atoms with Crippen molar-refractivity contribution in [1.29, 1.82) is 0 Å². The number of carbonyl (C=O) groups excluding carboxylic acids is 1. The van der Waals surface area contributed by atoms with Crippen molar-refractivity contribution in [2.45, 2.75) is 6.92 Å². The summed E-state index contributed by atoms with van der Waals surface area (Å²) in [6, 6.07) is 0. The second-order valence-electron chi connectivity index (χ2n) is 2.87. The van der Waals surface area contributed by atoms with E-state index in [0.29, 0.717) is 0 Å². The number of carbonyl (C=O) groups is 1. The molecule has 12 radical (unpaired) electrons. The quantitative estimate of drug-likeness (QED) is 0.373. The molecule has 0 aromatic carbocycles. The van der Waals surface area contributed by atoms with E-state index in [4.69, 9.17) is 38.7 Å². The zero-order valence-corrected chi connectivity index (χ0v) is 7.10. The molecular formula is C2H3B9O-2. The van der Waals surface area contributed by atoms with Gasteiger partial charge in [0.15, 0.2) is 0 Å². The van der Waals surface area contributed by atoms with Crippen molar-refractivity contribution in [3.63, 3.8) is 0 Å². The molecule has 0 amide bonds. The minimum absolute atomic E-state index is 0.196. The Morgan fingerprint density at radius 2 is 1.83 bits per heavy atom. The predicted molar refractivity (Wildman–Crippen MR) is 62.5 cm³/mol. The summed E-state index contributed by atoms with van der Waals surface area (Å²) in [4.78, 5) is 11.0. The molecule has 46 valence electrons. The van der Waals surface area contributed by atoms with Gasteiger partial charge in [-0.3, -0.25) is 6.39 Å². The molecule has 0 atom stereocenters. The highest BCUT2D eigenvalue weighted by Gasteiger charge is 2.18. The van der Waals surface area contributed by atoms with Gasteiger partial charge in [0.2, 0.25) is 0 Å². The Morgan fingerprint density at radius 3 is 1.92 bits per heavy atom. The van der Waals surface area contributed by atoms with E-state index in [-0.39, 0.29) is 5.68 Å². The summed E-state index contributed by atoms with van der Waals surface area (Å²) in [5.74, 6) is 0. The van der Waals surface area contributed by atoms with Gasteiger partial charge < -0.3 is 12.5 Å². The highest BCUT2D eigenvalue weighted by atomic mass is 16.1. The molecule has 0 spiro atoms. The van der Waals surface area contributed by atoms with Gasteiger partial charge in [-0.05, 0) is 22.4 Å². The Bertz CT molecular complexity index is 155. The van der Waals surface area contributed by atoms with E-state index in [1.54, 1.807) is 0 Å². The standard InChI is InChI=1S/C2H3B9O/c1-2(12)8(9(3)4)11(7)10(5)6/h1H3/q-2. The van der Waals surface area contributed by atoms with Gasteiger partial charge in [0.1, 0.15) is 0 Å². The molecule has 0 rings (SSSR count). The van der Waals surface area contributed by atoms with Crippen LogP contribution in [0.2, 0.25) is 0 Å².